The maximum Gasteiger partial charge on any atom is 0.229 e. The molecule has 0 spiro atoms. The Morgan fingerprint density at radius 3 is 2.43 bits per heavy atom. The van der Waals surface area contributed by atoms with Gasteiger partial charge in [0.25, 0.3) is 0 Å². The Labute approximate surface area is 125 Å². The molecule has 0 bridgehead atoms. The molecule has 5 heteroatoms. The van der Waals surface area contributed by atoms with Crippen molar-refractivity contribution >= 4 is 17.5 Å². The van der Waals surface area contributed by atoms with Gasteiger partial charge in [-0.15, -0.1) is 0 Å². The minimum absolute atomic E-state index is 0.0369. The number of anilines is 3. The summed E-state index contributed by atoms with van der Waals surface area (Å²) in [5.41, 5.74) is 0.886. The summed E-state index contributed by atoms with van der Waals surface area (Å²) >= 11 is 0. The van der Waals surface area contributed by atoms with Gasteiger partial charge in [-0.05, 0) is 58.0 Å². The van der Waals surface area contributed by atoms with Crippen molar-refractivity contribution in [2.75, 3.05) is 17.2 Å². The second kappa shape index (κ2) is 6.43. The summed E-state index contributed by atoms with van der Waals surface area (Å²) in [4.78, 5) is 8.68. The van der Waals surface area contributed by atoms with Crippen LogP contribution in [-0.2, 0) is 0 Å². The Kier molecular flexibility index (Phi) is 4.62. The third-order valence-electron chi connectivity index (χ3n) is 2.58. The van der Waals surface area contributed by atoms with E-state index in [1.807, 2.05) is 37.3 Å². The highest BCUT2D eigenvalue weighted by Gasteiger charge is 2.10. The van der Waals surface area contributed by atoms with Gasteiger partial charge in [-0.25, -0.2) is 4.98 Å². The maximum absolute atomic E-state index is 5.42. The normalized spacial score (nSPS) is 11.0. The Bertz CT molecular complexity index is 576. The lowest BCUT2D eigenvalue weighted by molar-refractivity contribution is 0.340. The molecule has 2 N–H and O–H groups in total. The lowest BCUT2D eigenvalue weighted by Crippen LogP contribution is -2.26. The van der Waals surface area contributed by atoms with Gasteiger partial charge >= 0.3 is 0 Å². The Hall–Kier alpha value is -2.30. The number of hydrogen-bond acceptors (Lipinski definition) is 5. The fraction of sp³-hybridized carbons (Fsp3) is 0.375. The minimum atomic E-state index is -0.0369. The molecular weight excluding hydrogens is 264 g/mol. The van der Waals surface area contributed by atoms with E-state index in [2.05, 4.69) is 41.4 Å². The Morgan fingerprint density at radius 2 is 1.81 bits per heavy atom. The van der Waals surface area contributed by atoms with Crippen LogP contribution in [0.5, 0.6) is 5.75 Å². The van der Waals surface area contributed by atoms with Gasteiger partial charge in [0.15, 0.2) is 0 Å². The largest absolute Gasteiger partial charge is 0.494 e. The molecular formula is C16H22N4O. The predicted octanol–water partition coefficient (Wildman–Crippen LogP) is 3.83. The molecule has 0 saturated heterocycles. The molecule has 2 aromatic rings. The second-order valence-electron chi connectivity index (χ2n) is 5.72. The van der Waals surface area contributed by atoms with Gasteiger partial charge in [0.2, 0.25) is 5.95 Å². The van der Waals surface area contributed by atoms with Crippen molar-refractivity contribution in [2.45, 2.75) is 33.2 Å². The van der Waals surface area contributed by atoms with Gasteiger partial charge < -0.3 is 15.4 Å². The second-order valence-corrected chi connectivity index (χ2v) is 5.72. The first-order valence-corrected chi connectivity index (χ1v) is 7.07. The van der Waals surface area contributed by atoms with Crippen molar-refractivity contribution in [3.8, 4) is 5.75 Å². The lowest BCUT2D eigenvalue weighted by Gasteiger charge is -2.21. The van der Waals surface area contributed by atoms with E-state index < -0.39 is 0 Å². The van der Waals surface area contributed by atoms with Gasteiger partial charge in [-0.2, -0.15) is 4.98 Å². The summed E-state index contributed by atoms with van der Waals surface area (Å²) < 4.78 is 5.42. The van der Waals surface area contributed by atoms with Crippen LogP contribution in [0.1, 0.15) is 27.7 Å². The zero-order valence-electron chi connectivity index (χ0n) is 13.0. The van der Waals surface area contributed by atoms with Crippen LogP contribution < -0.4 is 15.4 Å². The topological polar surface area (TPSA) is 59.1 Å². The monoisotopic (exact) mass is 286 g/mol. The molecule has 1 heterocycles. The molecule has 0 saturated carbocycles. The van der Waals surface area contributed by atoms with Crippen LogP contribution >= 0.6 is 0 Å². The van der Waals surface area contributed by atoms with Gasteiger partial charge in [-0.1, -0.05) is 0 Å². The molecule has 0 amide bonds. The van der Waals surface area contributed by atoms with Crippen LogP contribution in [0.2, 0.25) is 0 Å². The van der Waals surface area contributed by atoms with Crippen molar-refractivity contribution in [3.63, 3.8) is 0 Å². The van der Waals surface area contributed by atoms with Crippen LogP contribution in [0.3, 0.4) is 0 Å². The van der Waals surface area contributed by atoms with Crippen molar-refractivity contribution in [3.05, 3.63) is 36.5 Å². The fourth-order valence-corrected chi connectivity index (χ4v) is 1.80. The van der Waals surface area contributed by atoms with E-state index in [4.69, 9.17) is 4.74 Å². The highest BCUT2D eigenvalue weighted by Crippen LogP contribution is 2.19. The van der Waals surface area contributed by atoms with E-state index >= 15 is 0 Å². The zero-order valence-corrected chi connectivity index (χ0v) is 13.0. The first-order chi connectivity index (χ1) is 9.96. The molecule has 2 rings (SSSR count). The Morgan fingerprint density at radius 1 is 1.10 bits per heavy atom. The smallest absolute Gasteiger partial charge is 0.229 e. The van der Waals surface area contributed by atoms with E-state index in [1.54, 1.807) is 6.20 Å². The molecule has 21 heavy (non-hydrogen) atoms. The summed E-state index contributed by atoms with van der Waals surface area (Å²) in [5, 5.41) is 6.50. The van der Waals surface area contributed by atoms with Crippen molar-refractivity contribution in [1.82, 2.24) is 9.97 Å². The summed E-state index contributed by atoms with van der Waals surface area (Å²) in [6, 6.07) is 9.58. The number of hydrogen-bond donors (Lipinski definition) is 2. The quantitative estimate of drug-likeness (QED) is 0.874. The zero-order chi connectivity index (χ0) is 15.3. The van der Waals surface area contributed by atoms with Crippen molar-refractivity contribution < 1.29 is 4.74 Å². The summed E-state index contributed by atoms with van der Waals surface area (Å²) in [6.07, 6.45) is 1.73. The van der Waals surface area contributed by atoms with Crippen LogP contribution in [0, 0.1) is 0 Å². The van der Waals surface area contributed by atoms with Crippen molar-refractivity contribution in [1.29, 1.82) is 0 Å². The predicted molar refractivity (Wildman–Crippen MR) is 86.3 cm³/mol. The summed E-state index contributed by atoms with van der Waals surface area (Å²) in [5.74, 6) is 2.21. The lowest BCUT2D eigenvalue weighted by atomic mass is 10.1. The van der Waals surface area contributed by atoms with Crippen LogP contribution in [0.15, 0.2) is 36.5 Å². The average Bonchev–Trinajstić information content (AvgIpc) is 2.40. The molecule has 0 fully saturated rings. The van der Waals surface area contributed by atoms with Crippen LogP contribution in [0.25, 0.3) is 0 Å². The number of aromatic nitrogens is 2. The van der Waals surface area contributed by atoms with Crippen LogP contribution in [0.4, 0.5) is 17.5 Å². The van der Waals surface area contributed by atoms with E-state index in [1.165, 1.54) is 0 Å². The minimum Gasteiger partial charge on any atom is -0.494 e. The third-order valence-corrected chi connectivity index (χ3v) is 2.58. The molecule has 5 nitrogen and oxygen atoms in total. The van der Waals surface area contributed by atoms with Gasteiger partial charge in [-0.3, -0.25) is 0 Å². The average molecular weight is 286 g/mol. The van der Waals surface area contributed by atoms with E-state index in [9.17, 15) is 0 Å². The summed E-state index contributed by atoms with van der Waals surface area (Å²) in [7, 11) is 0. The van der Waals surface area contributed by atoms with Gasteiger partial charge in [0, 0.05) is 17.4 Å². The SMILES string of the molecule is CCOc1ccc(Nc2nccc(NC(C)(C)C)n2)cc1. The fourth-order valence-electron chi connectivity index (χ4n) is 1.80. The first kappa shape index (κ1) is 15.1. The van der Waals surface area contributed by atoms with Crippen LogP contribution in [-0.4, -0.2) is 22.1 Å². The molecule has 1 aromatic carbocycles. The molecule has 0 atom stereocenters. The van der Waals surface area contributed by atoms with E-state index in [0.717, 1.165) is 17.3 Å². The van der Waals surface area contributed by atoms with Gasteiger partial charge in [0.05, 0.1) is 6.61 Å². The number of ether oxygens (including phenoxy) is 1. The molecule has 112 valence electrons. The molecule has 0 aliphatic heterocycles. The summed E-state index contributed by atoms with van der Waals surface area (Å²) in [6.45, 7) is 8.90. The first-order valence-electron chi connectivity index (χ1n) is 7.07. The highest BCUT2D eigenvalue weighted by molar-refractivity contribution is 5.56. The third kappa shape index (κ3) is 4.95. The molecule has 1 aromatic heterocycles. The molecule has 0 aliphatic carbocycles. The standard InChI is InChI=1S/C16H22N4O/c1-5-21-13-8-6-12(7-9-13)18-15-17-11-10-14(19-15)20-16(2,3)4/h6-11H,5H2,1-4H3,(H2,17,18,19,20). The van der Waals surface area contributed by atoms with E-state index in [-0.39, 0.29) is 5.54 Å². The van der Waals surface area contributed by atoms with Gasteiger partial charge in [0.1, 0.15) is 11.6 Å². The molecule has 0 unspecified atom stereocenters. The number of nitrogens with one attached hydrogen (secondary N) is 2. The molecule has 0 aliphatic rings. The Balaban J connectivity index is 2.07. The highest BCUT2D eigenvalue weighted by atomic mass is 16.5. The number of rotatable bonds is 5. The van der Waals surface area contributed by atoms with Crippen molar-refractivity contribution in [2.24, 2.45) is 0 Å². The number of nitrogens with zero attached hydrogens (tertiary/aromatic N) is 2. The van der Waals surface area contributed by atoms with E-state index in [0.29, 0.717) is 12.6 Å². The maximum atomic E-state index is 5.42. The molecule has 0 radical (unpaired) electrons. The number of benzene rings is 1.